The first-order valence-corrected chi connectivity index (χ1v) is 12.8. The maximum atomic E-state index is 13.5. The van der Waals surface area contributed by atoms with E-state index in [9.17, 15) is 18.5 Å². The van der Waals surface area contributed by atoms with Crippen LogP contribution < -0.4 is 10.2 Å². The van der Waals surface area contributed by atoms with Crippen molar-refractivity contribution in [1.82, 2.24) is 24.7 Å². The fourth-order valence-electron chi connectivity index (χ4n) is 4.27. The van der Waals surface area contributed by atoms with Crippen LogP contribution in [-0.4, -0.2) is 55.0 Å². The van der Waals surface area contributed by atoms with Crippen molar-refractivity contribution in [3.8, 4) is 6.07 Å². The number of likely N-dealkylation sites (tertiary alicyclic amines) is 1. The predicted molar refractivity (Wildman–Crippen MR) is 130 cm³/mol. The summed E-state index contributed by atoms with van der Waals surface area (Å²) in [6.07, 6.45) is 6.75. The van der Waals surface area contributed by atoms with Crippen molar-refractivity contribution in [2.75, 3.05) is 20.2 Å². The third kappa shape index (κ3) is 5.57. The quantitative estimate of drug-likeness (QED) is 0.389. The van der Waals surface area contributed by atoms with Crippen molar-refractivity contribution in [2.45, 2.75) is 36.7 Å². The van der Waals surface area contributed by atoms with Crippen molar-refractivity contribution in [2.24, 2.45) is 0 Å². The van der Waals surface area contributed by atoms with Gasteiger partial charge in [-0.3, -0.25) is 15.1 Å². The highest BCUT2D eigenvalue weighted by molar-refractivity contribution is 7.89. The van der Waals surface area contributed by atoms with Crippen LogP contribution in [0.3, 0.4) is 0 Å². The molecule has 10 nitrogen and oxygen atoms in total. The number of hydrogen-bond acceptors (Lipinski definition) is 6. The number of benzene rings is 1. The first-order valence-electron chi connectivity index (χ1n) is 11.3. The molecule has 1 unspecified atom stereocenters. The molecule has 1 aliphatic heterocycles. The summed E-state index contributed by atoms with van der Waals surface area (Å²) in [7, 11) is -2.47. The van der Waals surface area contributed by atoms with E-state index in [0.717, 1.165) is 5.57 Å². The van der Waals surface area contributed by atoms with Crippen LogP contribution in [0.5, 0.6) is 0 Å². The van der Waals surface area contributed by atoms with E-state index in [2.05, 4.69) is 21.3 Å². The molecule has 1 fully saturated rings. The lowest BCUT2D eigenvalue weighted by molar-refractivity contribution is -0.133. The maximum Gasteiger partial charge on any atom is 0.241 e. The molecule has 4 rings (SSSR count). The van der Waals surface area contributed by atoms with Gasteiger partial charge >= 0.3 is 0 Å². The number of sulfonamides is 1. The van der Waals surface area contributed by atoms with Gasteiger partial charge in [0.05, 0.1) is 12.0 Å². The van der Waals surface area contributed by atoms with Gasteiger partial charge in [0.1, 0.15) is 17.8 Å². The van der Waals surface area contributed by atoms with E-state index in [1.807, 2.05) is 0 Å². The number of amides is 1. The number of hydroxylamine groups is 1. The van der Waals surface area contributed by atoms with Crippen LogP contribution in [0.15, 0.2) is 65.5 Å². The standard InChI is InChI=1S/C24H28N6O4S/c1-34-27-17-18-8-13-30(14-9-18)24(31)22(10-15-29-12-3-4-19(29)16-25)28-35(32,33)23-6-2-5-21-20(23)7-11-26-21/h2-7,11-12,17,22,26-28H,8-10,13-15H2,1H3. The molecule has 0 bridgehead atoms. The molecule has 1 saturated heterocycles. The second-order valence-corrected chi connectivity index (χ2v) is 9.99. The summed E-state index contributed by atoms with van der Waals surface area (Å²) in [5, 5.41) is 9.86. The zero-order chi connectivity index (χ0) is 24.8. The van der Waals surface area contributed by atoms with E-state index in [1.165, 1.54) is 13.2 Å². The average molecular weight is 497 g/mol. The zero-order valence-corrected chi connectivity index (χ0v) is 20.2. The summed E-state index contributed by atoms with van der Waals surface area (Å²) >= 11 is 0. The van der Waals surface area contributed by atoms with E-state index < -0.39 is 16.1 Å². The molecule has 0 saturated carbocycles. The minimum atomic E-state index is -4.00. The molecular formula is C24H28N6O4S. The molecule has 3 aromatic rings. The minimum absolute atomic E-state index is 0.113. The van der Waals surface area contributed by atoms with Gasteiger partial charge in [0, 0.05) is 49.1 Å². The number of rotatable bonds is 9. The first kappa shape index (κ1) is 24.5. The SMILES string of the molecule is CONC=C1CCN(C(=O)C(CCn2cccc2C#N)NS(=O)(=O)c2cccc3[nH]ccc23)CC1. The zero-order valence-electron chi connectivity index (χ0n) is 19.4. The summed E-state index contributed by atoms with van der Waals surface area (Å²) in [4.78, 5) is 23.2. The van der Waals surface area contributed by atoms with Crippen LogP contribution >= 0.6 is 0 Å². The monoisotopic (exact) mass is 496 g/mol. The number of H-pyrrole nitrogens is 1. The van der Waals surface area contributed by atoms with Crippen LogP contribution in [0.4, 0.5) is 0 Å². The third-order valence-corrected chi connectivity index (χ3v) is 7.67. The second kappa shape index (κ2) is 10.8. The predicted octanol–water partition coefficient (Wildman–Crippen LogP) is 2.24. The lowest BCUT2D eigenvalue weighted by Crippen LogP contribution is -2.50. The van der Waals surface area contributed by atoms with Gasteiger partial charge in [-0.1, -0.05) is 6.07 Å². The Kier molecular flexibility index (Phi) is 7.55. The van der Waals surface area contributed by atoms with Gasteiger partial charge in [-0.05, 0) is 55.2 Å². The third-order valence-electron chi connectivity index (χ3n) is 6.14. The Balaban J connectivity index is 1.56. The number of carbonyl (C=O) groups is 1. The maximum absolute atomic E-state index is 13.5. The molecule has 1 aromatic carbocycles. The van der Waals surface area contributed by atoms with Gasteiger partial charge in [0.25, 0.3) is 0 Å². The van der Waals surface area contributed by atoms with Crippen LogP contribution in [0.1, 0.15) is 25.0 Å². The van der Waals surface area contributed by atoms with E-state index in [0.29, 0.717) is 49.1 Å². The van der Waals surface area contributed by atoms with Gasteiger partial charge in [0.2, 0.25) is 15.9 Å². The molecular weight excluding hydrogens is 468 g/mol. The Bertz CT molecular complexity index is 1360. The molecule has 1 amide bonds. The van der Waals surface area contributed by atoms with Gasteiger partial charge in [-0.15, -0.1) is 0 Å². The van der Waals surface area contributed by atoms with Gasteiger partial charge in [-0.25, -0.2) is 8.42 Å². The second-order valence-electron chi connectivity index (χ2n) is 8.31. The van der Waals surface area contributed by atoms with Crippen LogP contribution in [0.25, 0.3) is 10.9 Å². The summed E-state index contributed by atoms with van der Waals surface area (Å²) in [5.41, 5.74) is 4.98. The van der Waals surface area contributed by atoms with Gasteiger partial charge in [0.15, 0.2) is 0 Å². The highest BCUT2D eigenvalue weighted by atomic mass is 32.2. The number of nitriles is 1. The first-order chi connectivity index (χ1) is 16.9. The lowest BCUT2D eigenvalue weighted by Gasteiger charge is -2.32. The van der Waals surface area contributed by atoms with Gasteiger partial charge < -0.3 is 14.5 Å². The largest absolute Gasteiger partial charge is 0.361 e. The fraction of sp³-hybridized carbons (Fsp3) is 0.333. The Morgan fingerprint density at radius 3 is 2.80 bits per heavy atom. The average Bonchev–Trinajstić information content (AvgIpc) is 3.54. The Labute approximate surface area is 204 Å². The number of nitrogens with zero attached hydrogens (tertiary/aromatic N) is 3. The number of aromatic amines is 1. The Morgan fingerprint density at radius 2 is 2.06 bits per heavy atom. The Morgan fingerprint density at radius 1 is 1.26 bits per heavy atom. The number of aromatic nitrogens is 2. The number of fused-ring (bicyclic) bond motifs is 1. The van der Waals surface area contributed by atoms with E-state index in [4.69, 9.17) is 4.84 Å². The minimum Gasteiger partial charge on any atom is -0.361 e. The number of carbonyl (C=O) groups excluding carboxylic acids is 1. The molecule has 1 atom stereocenters. The fourth-order valence-corrected chi connectivity index (χ4v) is 5.72. The Hall–Kier alpha value is -3.59. The van der Waals surface area contributed by atoms with Crippen LogP contribution in [-0.2, 0) is 26.2 Å². The molecule has 2 aromatic heterocycles. The number of aryl methyl sites for hydroxylation is 1. The van der Waals surface area contributed by atoms with E-state index in [1.54, 1.807) is 58.4 Å². The summed E-state index contributed by atoms with van der Waals surface area (Å²) in [5.74, 6) is -0.278. The van der Waals surface area contributed by atoms with Crippen molar-refractivity contribution < 1.29 is 18.0 Å². The van der Waals surface area contributed by atoms with Crippen molar-refractivity contribution in [3.63, 3.8) is 0 Å². The summed E-state index contributed by atoms with van der Waals surface area (Å²) in [6, 6.07) is 11.2. The lowest BCUT2D eigenvalue weighted by atomic mass is 10.0. The molecule has 1 aliphatic rings. The summed E-state index contributed by atoms with van der Waals surface area (Å²) in [6.45, 7) is 1.28. The van der Waals surface area contributed by atoms with Gasteiger partial charge in [-0.2, -0.15) is 9.98 Å². The number of nitrogens with one attached hydrogen (secondary N) is 3. The van der Waals surface area contributed by atoms with E-state index >= 15 is 0 Å². The highest BCUT2D eigenvalue weighted by Crippen LogP contribution is 2.23. The van der Waals surface area contributed by atoms with Crippen molar-refractivity contribution in [3.05, 3.63) is 66.3 Å². The molecule has 3 heterocycles. The molecule has 0 spiro atoms. The number of piperidine rings is 1. The molecule has 0 aliphatic carbocycles. The van der Waals surface area contributed by atoms with E-state index in [-0.39, 0.29) is 17.2 Å². The molecule has 0 radical (unpaired) electrons. The molecule has 3 N–H and O–H groups in total. The molecule has 184 valence electrons. The van der Waals surface area contributed by atoms with Crippen molar-refractivity contribution >= 4 is 26.8 Å². The molecule has 11 heteroatoms. The topological polar surface area (TPSA) is 132 Å². The molecule has 35 heavy (non-hydrogen) atoms. The van der Waals surface area contributed by atoms with Crippen LogP contribution in [0.2, 0.25) is 0 Å². The highest BCUT2D eigenvalue weighted by Gasteiger charge is 2.31. The number of hydrogen-bond donors (Lipinski definition) is 3. The summed E-state index contributed by atoms with van der Waals surface area (Å²) < 4.78 is 31.2. The van der Waals surface area contributed by atoms with Crippen molar-refractivity contribution in [1.29, 1.82) is 5.26 Å². The smallest absolute Gasteiger partial charge is 0.241 e. The van der Waals surface area contributed by atoms with Crippen LogP contribution in [0, 0.1) is 11.3 Å². The normalized spacial score (nSPS) is 15.1.